The number of nitrogens with one attached hydrogen (secondary N) is 1. The van der Waals surface area contributed by atoms with Crippen molar-refractivity contribution in [2.24, 2.45) is 0 Å². The average Bonchev–Trinajstić information content (AvgIpc) is 3.27. The number of nitrogens with zero attached hydrogens (tertiary/aromatic N) is 1. The number of hydrogen-bond acceptors (Lipinski definition) is 4. The summed E-state index contributed by atoms with van der Waals surface area (Å²) in [5.74, 6) is 0.913. The Hall–Kier alpha value is -1.42. The Balaban J connectivity index is 1.35. The Bertz CT molecular complexity index is 998. The topological polar surface area (TPSA) is 41.6 Å². The van der Waals surface area contributed by atoms with Gasteiger partial charge >= 0.3 is 0 Å². The van der Waals surface area contributed by atoms with Gasteiger partial charge in [-0.15, -0.1) is 0 Å². The van der Waals surface area contributed by atoms with E-state index >= 15 is 0 Å². The lowest BCUT2D eigenvalue weighted by molar-refractivity contribution is 0.207. The molecule has 0 radical (unpaired) electrons. The van der Waals surface area contributed by atoms with Crippen LogP contribution < -0.4 is 14.4 Å². The summed E-state index contributed by atoms with van der Waals surface area (Å²) in [7, 11) is 1.67. The van der Waals surface area contributed by atoms with Crippen LogP contribution in [-0.4, -0.2) is 38.2 Å². The average molecular weight is 475 g/mol. The molecule has 0 aromatic heterocycles. The van der Waals surface area contributed by atoms with Crippen LogP contribution in [0.1, 0.15) is 36.8 Å². The van der Waals surface area contributed by atoms with E-state index in [1.807, 2.05) is 18.2 Å². The number of halogens is 1. The maximum absolute atomic E-state index is 12.4. The number of ether oxygens (including phenoxy) is 1. The van der Waals surface area contributed by atoms with Gasteiger partial charge in [0.1, 0.15) is 5.75 Å². The van der Waals surface area contributed by atoms with E-state index in [0.717, 1.165) is 59.5 Å². The first-order valence-electron chi connectivity index (χ1n) is 11.0. The predicted molar refractivity (Wildman–Crippen MR) is 132 cm³/mol. The van der Waals surface area contributed by atoms with E-state index in [1.165, 1.54) is 35.9 Å². The SMILES string of the molecule is CN1C[C@@]2(CCCc3cc(Cl)ccc32)COc2ccc(SNC(=O)P3CCCC3)cc21. The summed E-state index contributed by atoms with van der Waals surface area (Å²) in [6, 6.07) is 12.6. The van der Waals surface area contributed by atoms with E-state index in [9.17, 15) is 4.79 Å². The van der Waals surface area contributed by atoms with Crippen molar-refractivity contribution in [3.63, 3.8) is 0 Å². The summed E-state index contributed by atoms with van der Waals surface area (Å²) in [6.45, 7) is 1.58. The van der Waals surface area contributed by atoms with Crippen LogP contribution in [0.2, 0.25) is 5.02 Å². The molecule has 1 spiro atoms. The zero-order valence-electron chi connectivity index (χ0n) is 17.8. The minimum absolute atomic E-state index is 0.0292. The molecule has 1 atom stereocenters. The van der Waals surface area contributed by atoms with E-state index in [2.05, 4.69) is 34.9 Å². The van der Waals surface area contributed by atoms with E-state index in [0.29, 0.717) is 6.61 Å². The van der Waals surface area contributed by atoms with Gasteiger partial charge < -0.3 is 9.64 Å². The van der Waals surface area contributed by atoms with Gasteiger partial charge in [0.15, 0.2) is 0 Å². The number of amides is 1. The molecule has 2 heterocycles. The van der Waals surface area contributed by atoms with Crippen LogP contribution in [0.15, 0.2) is 41.3 Å². The van der Waals surface area contributed by atoms with Crippen molar-refractivity contribution in [3.8, 4) is 5.75 Å². The second-order valence-electron chi connectivity index (χ2n) is 8.91. The quantitative estimate of drug-likeness (QED) is 0.411. The number of anilines is 1. The van der Waals surface area contributed by atoms with Crippen LogP contribution in [0.5, 0.6) is 5.75 Å². The number of fused-ring (bicyclic) bond motifs is 3. The summed E-state index contributed by atoms with van der Waals surface area (Å²) >= 11 is 7.71. The molecule has 31 heavy (non-hydrogen) atoms. The molecule has 2 aromatic carbocycles. The van der Waals surface area contributed by atoms with E-state index < -0.39 is 7.92 Å². The highest BCUT2D eigenvalue weighted by Crippen LogP contribution is 2.46. The highest BCUT2D eigenvalue weighted by atomic mass is 35.5. The molecule has 2 aliphatic heterocycles. The lowest BCUT2D eigenvalue weighted by Crippen LogP contribution is -2.44. The van der Waals surface area contributed by atoms with Gasteiger partial charge in [0.25, 0.3) is 5.65 Å². The summed E-state index contributed by atoms with van der Waals surface area (Å²) in [4.78, 5) is 15.8. The van der Waals surface area contributed by atoms with E-state index in [4.69, 9.17) is 16.3 Å². The van der Waals surface area contributed by atoms with Gasteiger partial charge in [-0.25, -0.2) is 0 Å². The third kappa shape index (κ3) is 4.29. The number of carbonyl (C=O) groups excluding carboxylic acids is 1. The molecule has 3 aliphatic rings. The molecule has 0 unspecified atom stereocenters. The molecule has 1 saturated heterocycles. The van der Waals surface area contributed by atoms with Gasteiger partial charge in [0, 0.05) is 28.9 Å². The minimum Gasteiger partial charge on any atom is -0.490 e. The molecule has 2 aromatic rings. The normalized spacial score (nSPS) is 23.1. The zero-order chi connectivity index (χ0) is 21.4. The minimum atomic E-state index is -0.480. The van der Waals surface area contributed by atoms with Crippen LogP contribution in [0.4, 0.5) is 10.5 Å². The van der Waals surface area contributed by atoms with Crippen molar-refractivity contribution < 1.29 is 9.53 Å². The number of aryl methyl sites for hydroxylation is 1. The molecule has 4 nitrogen and oxygen atoms in total. The number of benzene rings is 2. The van der Waals surface area contributed by atoms with Crippen LogP contribution in [-0.2, 0) is 11.8 Å². The molecule has 1 N–H and O–H groups in total. The fraction of sp³-hybridized carbons (Fsp3) is 0.458. The Morgan fingerprint density at radius 3 is 2.87 bits per heavy atom. The van der Waals surface area contributed by atoms with Crippen LogP contribution in [0, 0.1) is 0 Å². The standard InChI is InChI=1S/C24H28ClN2O2PS/c1-27-15-24(10-4-5-17-13-18(25)6-8-20(17)24)16-29-22-9-7-19(14-21(22)27)31-26-23(28)30-11-2-3-12-30/h6-9,13-14H,2-5,10-12,15-16H2,1H3,(H,26,28)/t24-/m0/s1. The molecule has 0 saturated carbocycles. The van der Waals surface area contributed by atoms with Gasteiger partial charge in [0.05, 0.1) is 12.3 Å². The molecular formula is C24H28ClN2O2PS. The van der Waals surface area contributed by atoms with E-state index in [-0.39, 0.29) is 11.1 Å². The molecule has 1 amide bonds. The molecule has 7 heteroatoms. The highest BCUT2D eigenvalue weighted by molar-refractivity contribution is 7.99. The zero-order valence-corrected chi connectivity index (χ0v) is 20.3. The smallest absolute Gasteiger partial charge is 0.251 e. The van der Waals surface area contributed by atoms with Crippen molar-refractivity contribution >= 4 is 42.8 Å². The number of carbonyl (C=O) groups is 1. The Morgan fingerprint density at radius 1 is 1.19 bits per heavy atom. The summed E-state index contributed by atoms with van der Waals surface area (Å²) in [5, 5.41) is 0.810. The third-order valence-corrected chi connectivity index (χ3v) is 10.3. The first-order chi connectivity index (χ1) is 15.0. The molecule has 1 aliphatic carbocycles. The van der Waals surface area contributed by atoms with Crippen molar-refractivity contribution in [2.75, 3.05) is 37.4 Å². The van der Waals surface area contributed by atoms with Crippen molar-refractivity contribution in [3.05, 3.63) is 52.5 Å². The maximum Gasteiger partial charge on any atom is 0.251 e. The van der Waals surface area contributed by atoms with Gasteiger partial charge in [-0.2, -0.15) is 0 Å². The second-order valence-corrected chi connectivity index (χ2v) is 12.6. The number of rotatable bonds is 3. The summed E-state index contributed by atoms with van der Waals surface area (Å²) in [5.41, 5.74) is 4.02. The Morgan fingerprint density at radius 2 is 2.03 bits per heavy atom. The lowest BCUT2D eigenvalue weighted by Gasteiger charge is -2.39. The van der Waals surface area contributed by atoms with Crippen molar-refractivity contribution in [1.29, 1.82) is 0 Å². The second kappa shape index (κ2) is 8.84. The molecule has 1 fully saturated rings. The maximum atomic E-state index is 12.4. The fourth-order valence-electron chi connectivity index (χ4n) is 5.22. The largest absolute Gasteiger partial charge is 0.490 e. The van der Waals surface area contributed by atoms with Gasteiger partial charge in [-0.1, -0.05) is 17.7 Å². The summed E-state index contributed by atoms with van der Waals surface area (Å²) in [6.07, 6.45) is 7.90. The predicted octanol–water partition coefficient (Wildman–Crippen LogP) is 6.44. The fourth-order valence-corrected chi connectivity index (χ4v) is 8.42. The highest BCUT2D eigenvalue weighted by Gasteiger charge is 2.40. The Kier molecular flexibility index (Phi) is 6.11. The van der Waals surface area contributed by atoms with Crippen LogP contribution in [0.25, 0.3) is 0 Å². The van der Waals surface area contributed by atoms with Gasteiger partial charge in [0.2, 0.25) is 0 Å². The van der Waals surface area contributed by atoms with Gasteiger partial charge in [-0.3, -0.25) is 9.52 Å². The number of likely N-dealkylation sites (N-methyl/N-ethyl adjacent to an activating group) is 1. The molecule has 0 bridgehead atoms. The van der Waals surface area contributed by atoms with E-state index in [1.54, 1.807) is 0 Å². The van der Waals surface area contributed by atoms with Crippen molar-refractivity contribution in [2.45, 2.75) is 42.4 Å². The lowest BCUT2D eigenvalue weighted by atomic mass is 9.70. The monoisotopic (exact) mass is 474 g/mol. The summed E-state index contributed by atoms with van der Waals surface area (Å²) < 4.78 is 9.48. The molecule has 164 valence electrons. The first kappa shape index (κ1) is 21.4. The van der Waals surface area contributed by atoms with Crippen molar-refractivity contribution in [1.82, 2.24) is 4.72 Å². The molecule has 5 rings (SSSR count). The third-order valence-electron chi connectivity index (χ3n) is 6.78. The number of hydrogen-bond donors (Lipinski definition) is 1. The Labute approximate surface area is 194 Å². The first-order valence-corrected chi connectivity index (χ1v) is 13.9. The van der Waals surface area contributed by atoms with Gasteiger partial charge in [-0.05, 0) is 106 Å². The van der Waals surface area contributed by atoms with Crippen LogP contribution >= 0.6 is 31.5 Å². The molecular weight excluding hydrogens is 447 g/mol. The van der Waals surface area contributed by atoms with Crippen LogP contribution in [0.3, 0.4) is 0 Å².